The van der Waals surface area contributed by atoms with Gasteiger partial charge in [0.15, 0.2) is 0 Å². The molecule has 1 atom stereocenters. The quantitative estimate of drug-likeness (QED) is 0.419. The summed E-state index contributed by atoms with van der Waals surface area (Å²) in [5.74, 6) is 0. The van der Waals surface area contributed by atoms with Crippen LogP contribution in [0.4, 0.5) is 0 Å². The lowest BCUT2D eigenvalue weighted by Gasteiger charge is -2.07. The Morgan fingerprint density at radius 1 is 1.25 bits per heavy atom. The summed E-state index contributed by atoms with van der Waals surface area (Å²) in [5, 5.41) is 0. The maximum atomic E-state index is 5.16. The predicted molar refractivity (Wildman–Crippen MR) is 54.4 cm³/mol. The number of hydrogen-bond donors (Lipinski definition) is 0. The molecule has 0 rings (SSSR count). The van der Waals surface area contributed by atoms with Crippen LogP contribution in [0.2, 0.25) is 0 Å². The van der Waals surface area contributed by atoms with E-state index < -0.39 is 0 Å². The molecule has 0 aromatic heterocycles. The lowest BCUT2D eigenvalue weighted by molar-refractivity contribution is 0.108. The molecule has 72 valence electrons. The average molecular weight is 170 g/mol. The van der Waals surface area contributed by atoms with Crippen molar-refractivity contribution in [2.45, 2.75) is 52.1 Å². The molecule has 0 aliphatic heterocycles. The third kappa shape index (κ3) is 7.80. The molecular weight excluding hydrogens is 148 g/mol. The summed E-state index contributed by atoms with van der Waals surface area (Å²) in [6, 6.07) is 0. The van der Waals surface area contributed by atoms with Gasteiger partial charge >= 0.3 is 0 Å². The van der Waals surface area contributed by atoms with Gasteiger partial charge in [-0.3, -0.25) is 0 Å². The first-order valence-electron chi connectivity index (χ1n) is 4.95. The number of unbranched alkanes of at least 4 members (excludes halogenated alkanes) is 3. The fourth-order valence-electron chi connectivity index (χ4n) is 1.16. The van der Waals surface area contributed by atoms with Crippen LogP contribution in [0.1, 0.15) is 46.0 Å². The molecule has 0 saturated heterocycles. The van der Waals surface area contributed by atoms with Crippen LogP contribution in [-0.4, -0.2) is 13.2 Å². The van der Waals surface area contributed by atoms with Gasteiger partial charge in [0.05, 0.1) is 6.10 Å². The van der Waals surface area contributed by atoms with E-state index in [-0.39, 0.29) is 0 Å². The van der Waals surface area contributed by atoms with Gasteiger partial charge in [0.2, 0.25) is 0 Å². The summed E-state index contributed by atoms with van der Waals surface area (Å²) in [6.07, 6.45) is 11.2. The van der Waals surface area contributed by atoms with E-state index in [4.69, 9.17) is 4.74 Å². The van der Waals surface area contributed by atoms with Gasteiger partial charge in [-0.25, -0.2) is 0 Å². The summed E-state index contributed by atoms with van der Waals surface area (Å²) in [4.78, 5) is 0. The SMILES string of the molecule is C/C=C/CCCCCC(C)OC. The third-order valence-electron chi connectivity index (χ3n) is 2.12. The lowest BCUT2D eigenvalue weighted by Crippen LogP contribution is -2.03. The second-order valence-electron chi connectivity index (χ2n) is 3.25. The Bertz CT molecular complexity index is 108. The standard InChI is InChI=1S/C11H22O/c1-4-5-6-7-8-9-10-11(2)12-3/h4-5,11H,6-10H2,1-3H3/b5-4+. The molecule has 0 aromatic rings. The molecule has 1 nitrogen and oxygen atoms in total. The van der Waals surface area contributed by atoms with Crippen molar-refractivity contribution in [3.8, 4) is 0 Å². The minimum atomic E-state index is 0.437. The molecule has 0 saturated carbocycles. The highest BCUT2D eigenvalue weighted by Crippen LogP contribution is 2.07. The lowest BCUT2D eigenvalue weighted by atomic mass is 10.1. The van der Waals surface area contributed by atoms with Crippen LogP contribution in [0.5, 0.6) is 0 Å². The van der Waals surface area contributed by atoms with Crippen molar-refractivity contribution in [2.24, 2.45) is 0 Å². The number of rotatable bonds is 7. The molecule has 1 heteroatoms. The summed E-state index contributed by atoms with van der Waals surface area (Å²) in [5.41, 5.74) is 0. The monoisotopic (exact) mass is 170 g/mol. The van der Waals surface area contributed by atoms with Gasteiger partial charge in [-0.15, -0.1) is 0 Å². The zero-order valence-electron chi connectivity index (χ0n) is 8.68. The van der Waals surface area contributed by atoms with Crippen molar-refractivity contribution in [1.82, 2.24) is 0 Å². The summed E-state index contributed by atoms with van der Waals surface area (Å²) in [7, 11) is 1.78. The molecule has 0 bridgehead atoms. The largest absolute Gasteiger partial charge is 0.382 e. The molecule has 0 radical (unpaired) electrons. The van der Waals surface area contributed by atoms with Crippen molar-refractivity contribution in [1.29, 1.82) is 0 Å². The maximum absolute atomic E-state index is 5.16. The maximum Gasteiger partial charge on any atom is 0.0543 e. The number of hydrogen-bond acceptors (Lipinski definition) is 1. The topological polar surface area (TPSA) is 9.23 Å². The van der Waals surface area contributed by atoms with Gasteiger partial charge in [-0.1, -0.05) is 25.0 Å². The van der Waals surface area contributed by atoms with Crippen molar-refractivity contribution in [3.63, 3.8) is 0 Å². The zero-order chi connectivity index (χ0) is 9.23. The molecule has 1 unspecified atom stereocenters. The molecule has 0 aliphatic carbocycles. The van der Waals surface area contributed by atoms with Crippen LogP contribution < -0.4 is 0 Å². The molecule has 0 aromatic carbocycles. The van der Waals surface area contributed by atoms with Crippen LogP contribution in [0, 0.1) is 0 Å². The molecule has 0 fully saturated rings. The van der Waals surface area contributed by atoms with Crippen LogP contribution >= 0.6 is 0 Å². The predicted octanol–water partition coefficient (Wildman–Crippen LogP) is 3.55. The van der Waals surface area contributed by atoms with Gasteiger partial charge < -0.3 is 4.74 Å². The molecular formula is C11H22O. The Morgan fingerprint density at radius 2 is 2.00 bits per heavy atom. The van der Waals surface area contributed by atoms with Gasteiger partial charge in [0.25, 0.3) is 0 Å². The Hall–Kier alpha value is -0.300. The second-order valence-corrected chi connectivity index (χ2v) is 3.25. The fourth-order valence-corrected chi connectivity index (χ4v) is 1.16. The number of allylic oxidation sites excluding steroid dienone is 2. The first-order valence-corrected chi connectivity index (χ1v) is 4.95. The minimum absolute atomic E-state index is 0.437. The van der Waals surface area contributed by atoms with E-state index in [0.29, 0.717) is 6.10 Å². The number of ether oxygens (including phenoxy) is 1. The zero-order valence-corrected chi connectivity index (χ0v) is 8.68. The first-order chi connectivity index (χ1) is 5.81. The summed E-state index contributed by atoms with van der Waals surface area (Å²) >= 11 is 0. The molecule has 0 amide bonds. The number of methoxy groups -OCH3 is 1. The minimum Gasteiger partial charge on any atom is -0.382 e. The third-order valence-corrected chi connectivity index (χ3v) is 2.12. The fraction of sp³-hybridized carbons (Fsp3) is 0.818. The van der Waals surface area contributed by atoms with E-state index in [9.17, 15) is 0 Å². The van der Waals surface area contributed by atoms with Crippen molar-refractivity contribution >= 4 is 0 Å². The van der Waals surface area contributed by atoms with Gasteiger partial charge in [-0.2, -0.15) is 0 Å². The van der Waals surface area contributed by atoms with E-state index in [2.05, 4.69) is 26.0 Å². The Labute approximate surface area is 76.8 Å². The molecule has 0 spiro atoms. The Morgan fingerprint density at radius 3 is 2.58 bits per heavy atom. The van der Waals surface area contributed by atoms with Crippen LogP contribution in [-0.2, 0) is 4.74 Å². The molecule has 12 heavy (non-hydrogen) atoms. The van der Waals surface area contributed by atoms with Gasteiger partial charge in [-0.05, 0) is 33.1 Å². The van der Waals surface area contributed by atoms with Crippen LogP contribution in [0.15, 0.2) is 12.2 Å². The van der Waals surface area contributed by atoms with Crippen LogP contribution in [0.3, 0.4) is 0 Å². The van der Waals surface area contributed by atoms with Crippen LogP contribution in [0.25, 0.3) is 0 Å². The summed E-state index contributed by atoms with van der Waals surface area (Å²) in [6.45, 7) is 4.21. The van der Waals surface area contributed by atoms with Crippen molar-refractivity contribution in [2.75, 3.05) is 7.11 Å². The molecule has 0 heterocycles. The van der Waals surface area contributed by atoms with E-state index in [1.807, 2.05) is 0 Å². The highest BCUT2D eigenvalue weighted by Gasteiger charge is 1.97. The van der Waals surface area contributed by atoms with Crippen molar-refractivity contribution < 1.29 is 4.74 Å². The normalized spacial score (nSPS) is 13.9. The highest BCUT2D eigenvalue weighted by molar-refractivity contribution is 4.76. The smallest absolute Gasteiger partial charge is 0.0543 e. The first kappa shape index (κ1) is 11.7. The van der Waals surface area contributed by atoms with Gasteiger partial charge in [0, 0.05) is 7.11 Å². The van der Waals surface area contributed by atoms with E-state index in [1.165, 1.54) is 32.1 Å². The Kier molecular flexibility index (Phi) is 8.57. The van der Waals surface area contributed by atoms with E-state index >= 15 is 0 Å². The highest BCUT2D eigenvalue weighted by atomic mass is 16.5. The van der Waals surface area contributed by atoms with E-state index in [0.717, 1.165) is 0 Å². The molecule has 0 N–H and O–H groups in total. The summed E-state index contributed by atoms with van der Waals surface area (Å²) < 4.78 is 5.16. The Balaban J connectivity index is 3.00. The van der Waals surface area contributed by atoms with Crippen molar-refractivity contribution in [3.05, 3.63) is 12.2 Å². The second kappa shape index (κ2) is 8.79. The molecule has 0 aliphatic rings. The average Bonchev–Trinajstić information content (AvgIpc) is 2.10. The van der Waals surface area contributed by atoms with E-state index in [1.54, 1.807) is 7.11 Å². The van der Waals surface area contributed by atoms with Gasteiger partial charge in [0.1, 0.15) is 0 Å².